The van der Waals surface area contributed by atoms with Crippen molar-refractivity contribution in [1.29, 1.82) is 0 Å². The van der Waals surface area contributed by atoms with E-state index in [1.807, 2.05) is 66.1 Å². The number of methoxy groups -OCH3 is 1. The summed E-state index contributed by atoms with van der Waals surface area (Å²) >= 11 is 1.27. The van der Waals surface area contributed by atoms with Crippen molar-refractivity contribution in [2.24, 2.45) is 5.10 Å². The number of hydrogen-bond donors (Lipinski definition) is 2. The van der Waals surface area contributed by atoms with Gasteiger partial charge in [-0.1, -0.05) is 59.8 Å². The second-order valence-electron chi connectivity index (χ2n) is 7.36. The topological polar surface area (TPSA) is 102 Å². The maximum Gasteiger partial charge on any atom is 0.250 e. The lowest BCUT2D eigenvalue weighted by atomic mass is 10.1. The standard InChI is InChI=1S/C25H23N5O3S/c1-17-8-11-19(12-9-17)24-28-29-25(30(24)20-6-4-3-5-7-20)34-16-23(32)27-26-15-18-10-13-21(31)22(14-18)33-2/h3-15,31H,16H2,1-2H3,(H,27,32). The summed E-state index contributed by atoms with van der Waals surface area (Å²) in [6.07, 6.45) is 1.48. The van der Waals surface area contributed by atoms with Crippen molar-refractivity contribution in [3.63, 3.8) is 0 Å². The Morgan fingerprint density at radius 2 is 1.88 bits per heavy atom. The number of carbonyl (C=O) groups excluding carboxylic acids is 1. The van der Waals surface area contributed by atoms with Crippen LogP contribution in [0.5, 0.6) is 11.5 Å². The summed E-state index contributed by atoms with van der Waals surface area (Å²) in [5.41, 5.74) is 6.19. The van der Waals surface area contributed by atoms with E-state index in [4.69, 9.17) is 4.74 Å². The van der Waals surface area contributed by atoms with E-state index in [-0.39, 0.29) is 17.4 Å². The molecule has 4 aromatic rings. The van der Waals surface area contributed by atoms with Gasteiger partial charge < -0.3 is 9.84 Å². The van der Waals surface area contributed by atoms with Gasteiger partial charge in [0.05, 0.1) is 19.1 Å². The van der Waals surface area contributed by atoms with Crippen LogP contribution in [0.2, 0.25) is 0 Å². The summed E-state index contributed by atoms with van der Waals surface area (Å²) in [4.78, 5) is 12.4. The molecule has 0 saturated carbocycles. The number of thioether (sulfide) groups is 1. The largest absolute Gasteiger partial charge is 0.504 e. The Balaban J connectivity index is 1.47. The molecule has 0 fully saturated rings. The monoisotopic (exact) mass is 473 g/mol. The highest BCUT2D eigenvalue weighted by atomic mass is 32.2. The molecule has 172 valence electrons. The maximum atomic E-state index is 12.4. The molecule has 0 aliphatic heterocycles. The first-order chi connectivity index (χ1) is 16.5. The number of benzene rings is 3. The van der Waals surface area contributed by atoms with Crippen LogP contribution >= 0.6 is 11.8 Å². The fraction of sp³-hybridized carbons (Fsp3) is 0.120. The van der Waals surface area contributed by atoms with Crippen LogP contribution in [-0.4, -0.2) is 44.9 Å². The number of phenolic OH excluding ortho intramolecular Hbond substituents is 1. The Kier molecular flexibility index (Phi) is 7.24. The number of aromatic hydroxyl groups is 1. The number of phenols is 1. The van der Waals surface area contributed by atoms with Crippen LogP contribution in [-0.2, 0) is 4.79 Å². The lowest BCUT2D eigenvalue weighted by molar-refractivity contribution is -0.118. The van der Waals surface area contributed by atoms with Gasteiger partial charge in [0.25, 0.3) is 5.91 Å². The first-order valence-electron chi connectivity index (χ1n) is 10.4. The molecule has 0 radical (unpaired) electrons. The van der Waals surface area contributed by atoms with Gasteiger partial charge in [0.1, 0.15) is 0 Å². The number of nitrogens with zero attached hydrogens (tertiary/aromatic N) is 4. The summed E-state index contributed by atoms with van der Waals surface area (Å²) in [7, 11) is 1.47. The molecule has 8 nitrogen and oxygen atoms in total. The Bertz CT molecular complexity index is 1300. The van der Waals surface area contributed by atoms with Gasteiger partial charge in [-0.3, -0.25) is 9.36 Å². The quantitative estimate of drug-likeness (QED) is 0.226. The molecule has 9 heteroatoms. The summed E-state index contributed by atoms with van der Waals surface area (Å²) < 4.78 is 7.01. The van der Waals surface area contributed by atoms with Crippen LogP contribution in [0, 0.1) is 6.92 Å². The highest BCUT2D eigenvalue weighted by Crippen LogP contribution is 2.28. The number of aromatic nitrogens is 3. The zero-order valence-corrected chi connectivity index (χ0v) is 19.5. The Hall–Kier alpha value is -4.11. The Morgan fingerprint density at radius 1 is 1.12 bits per heavy atom. The second-order valence-corrected chi connectivity index (χ2v) is 8.30. The molecule has 0 saturated heterocycles. The average Bonchev–Trinajstić information content (AvgIpc) is 3.28. The number of aryl methyl sites for hydroxylation is 1. The number of amides is 1. The molecule has 2 N–H and O–H groups in total. The maximum absolute atomic E-state index is 12.4. The minimum atomic E-state index is -0.286. The van der Waals surface area contributed by atoms with E-state index in [2.05, 4.69) is 20.7 Å². The molecular formula is C25H23N5O3S. The molecule has 0 atom stereocenters. The third-order valence-electron chi connectivity index (χ3n) is 4.90. The molecule has 0 bridgehead atoms. The van der Waals surface area contributed by atoms with Gasteiger partial charge in [-0.15, -0.1) is 10.2 Å². The first kappa shape index (κ1) is 23.1. The predicted octanol–water partition coefficient (Wildman–Crippen LogP) is 4.20. The molecule has 4 rings (SSSR count). The zero-order valence-electron chi connectivity index (χ0n) is 18.7. The second kappa shape index (κ2) is 10.7. The molecule has 1 amide bonds. The third kappa shape index (κ3) is 5.44. The van der Waals surface area contributed by atoms with Gasteiger partial charge in [-0.2, -0.15) is 5.10 Å². The van der Waals surface area contributed by atoms with Crippen molar-refractivity contribution in [3.8, 4) is 28.6 Å². The van der Waals surface area contributed by atoms with E-state index in [1.54, 1.807) is 12.1 Å². The molecule has 0 aliphatic carbocycles. The molecule has 0 spiro atoms. The number of para-hydroxylation sites is 1. The van der Waals surface area contributed by atoms with Gasteiger partial charge in [0.15, 0.2) is 22.5 Å². The number of nitrogens with one attached hydrogen (secondary N) is 1. The van der Waals surface area contributed by atoms with Gasteiger partial charge in [-0.25, -0.2) is 5.43 Å². The van der Waals surface area contributed by atoms with Crippen LogP contribution in [0.3, 0.4) is 0 Å². The fourth-order valence-electron chi connectivity index (χ4n) is 3.18. The number of hydrogen-bond acceptors (Lipinski definition) is 7. The lowest BCUT2D eigenvalue weighted by Crippen LogP contribution is -2.20. The van der Waals surface area contributed by atoms with Gasteiger partial charge in [0, 0.05) is 11.3 Å². The smallest absolute Gasteiger partial charge is 0.250 e. The Labute approximate surface area is 201 Å². The summed E-state index contributed by atoms with van der Waals surface area (Å²) in [5.74, 6) is 0.887. The van der Waals surface area contributed by atoms with Crippen molar-refractivity contribution in [2.75, 3.05) is 12.9 Å². The molecule has 1 heterocycles. The fourth-order valence-corrected chi connectivity index (χ4v) is 3.92. The molecule has 34 heavy (non-hydrogen) atoms. The summed E-state index contributed by atoms with van der Waals surface area (Å²) in [6.45, 7) is 2.03. The summed E-state index contributed by atoms with van der Waals surface area (Å²) in [5, 5.41) is 23.0. The van der Waals surface area contributed by atoms with E-state index in [9.17, 15) is 9.90 Å². The normalized spacial score (nSPS) is 11.0. The number of carbonyl (C=O) groups is 1. The van der Waals surface area contributed by atoms with E-state index in [0.717, 1.165) is 16.8 Å². The molecule has 3 aromatic carbocycles. The minimum absolute atomic E-state index is 0.0348. The predicted molar refractivity (Wildman–Crippen MR) is 133 cm³/mol. The van der Waals surface area contributed by atoms with Crippen molar-refractivity contribution >= 4 is 23.9 Å². The van der Waals surface area contributed by atoms with E-state index in [1.165, 1.54) is 31.2 Å². The van der Waals surface area contributed by atoms with Gasteiger partial charge in [0.2, 0.25) is 0 Å². The van der Waals surface area contributed by atoms with E-state index >= 15 is 0 Å². The zero-order chi connectivity index (χ0) is 23.9. The van der Waals surface area contributed by atoms with Crippen molar-refractivity contribution in [2.45, 2.75) is 12.1 Å². The Morgan fingerprint density at radius 3 is 2.62 bits per heavy atom. The molecule has 0 aliphatic rings. The van der Waals surface area contributed by atoms with Crippen LogP contribution in [0.4, 0.5) is 0 Å². The van der Waals surface area contributed by atoms with Gasteiger partial charge >= 0.3 is 0 Å². The molecule has 0 unspecified atom stereocenters. The third-order valence-corrected chi connectivity index (χ3v) is 5.83. The summed E-state index contributed by atoms with van der Waals surface area (Å²) in [6, 6.07) is 22.6. The van der Waals surface area contributed by atoms with Crippen LogP contribution in [0.25, 0.3) is 17.1 Å². The van der Waals surface area contributed by atoms with Gasteiger partial charge in [-0.05, 0) is 42.8 Å². The van der Waals surface area contributed by atoms with E-state index in [0.29, 0.717) is 22.3 Å². The first-order valence-corrected chi connectivity index (χ1v) is 11.4. The van der Waals surface area contributed by atoms with E-state index < -0.39 is 0 Å². The average molecular weight is 474 g/mol. The highest BCUT2D eigenvalue weighted by Gasteiger charge is 2.17. The molecule has 1 aromatic heterocycles. The van der Waals surface area contributed by atoms with Crippen LogP contribution in [0.1, 0.15) is 11.1 Å². The van der Waals surface area contributed by atoms with Crippen LogP contribution < -0.4 is 10.2 Å². The van der Waals surface area contributed by atoms with Crippen LogP contribution in [0.15, 0.2) is 83.1 Å². The number of ether oxygens (including phenoxy) is 1. The molecular weight excluding hydrogens is 450 g/mol. The lowest BCUT2D eigenvalue weighted by Gasteiger charge is -2.10. The van der Waals surface area contributed by atoms with Crippen molar-refractivity contribution in [3.05, 3.63) is 83.9 Å². The number of hydrazone groups is 1. The number of rotatable bonds is 8. The highest BCUT2D eigenvalue weighted by molar-refractivity contribution is 7.99. The van der Waals surface area contributed by atoms with Crippen molar-refractivity contribution < 1.29 is 14.6 Å². The minimum Gasteiger partial charge on any atom is -0.504 e. The van der Waals surface area contributed by atoms with Crippen molar-refractivity contribution in [1.82, 2.24) is 20.2 Å². The SMILES string of the molecule is COc1cc(C=NNC(=O)CSc2nnc(-c3ccc(C)cc3)n2-c2ccccc2)ccc1O.